The molecule has 1 fully saturated rings. The molecule has 0 spiro atoms. The second kappa shape index (κ2) is 7.43. The Kier molecular flexibility index (Phi) is 5.82. The fourth-order valence-corrected chi connectivity index (χ4v) is 2.62. The lowest BCUT2D eigenvalue weighted by Crippen LogP contribution is -2.52. The molecular formula is C14H23F3N4O. The zero-order chi connectivity index (χ0) is 16.2. The Balaban J connectivity index is 1.70. The molecule has 1 aromatic rings. The molecule has 1 saturated heterocycles. The van der Waals surface area contributed by atoms with Gasteiger partial charge in [0.2, 0.25) is 0 Å². The second-order valence-electron chi connectivity index (χ2n) is 5.74. The monoisotopic (exact) mass is 320 g/mol. The molecule has 0 bridgehead atoms. The van der Waals surface area contributed by atoms with Gasteiger partial charge < -0.3 is 9.30 Å². The summed E-state index contributed by atoms with van der Waals surface area (Å²) in [7, 11) is 1.97. The van der Waals surface area contributed by atoms with Crippen molar-refractivity contribution in [2.75, 3.05) is 39.4 Å². The summed E-state index contributed by atoms with van der Waals surface area (Å²) in [4.78, 5) is 8.82. The van der Waals surface area contributed by atoms with E-state index in [0.717, 1.165) is 32.0 Å². The lowest BCUT2D eigenvalue weighted by atomic mass is 10.2. The molecule has 8 heteroatoms. The first-order valence-corrected chi connectivity index (χ1v) is 7.42. The van der Waals surface area contributed by atoms with E-state index in [1.807, 2.05) is 17.8 Å². The van der Waals surface area contributed by atoms with Gasteiger partial charge in [0.15, 0.2) is 0 Å². The van der Waals surface area contributed by atoms with Crippen molar-refractivity contribution in [3.8, 4) is 0 Å². The number of aromatic nitrogens is 2. The number of ether oxygens (including phenoxy) is 1. The first-order valence-electron chi connectivity index (χ1n) is 7.42. The summed E-state index contributed by atoms with van der Waals surface area (Å²) in [6, 6.07) is 0.341. The SMILES string of the molecule is CC1CN(CCOCC(F)(F)F)CCN1Cc1nccn1C. The quantitative estimate of drug-likeness (QED) is 0.744. The predicted octanol–water partition coefficient (Wildman–Crippen LogP) is 1.51. The summed E-state index contributed by atoms with van der Waals surface area (Å²) >= 11 is 0. The largest absolute Gasteiger partial charge is 0.411 e. The lowest BCUT2D eigenvalue weighted by Gasteiger charge is -2.39. The number of nitrogens with zero attached hydrogens (tertiary/aromatic N) is 4. The van der Waals surface area contributed by atoms with Crippen molar-refractivity contribution < 1.29 is 17.9 Å². The van der Waals surface area contributed by atoms with Crippen LogP contribution in [0.2, 0.25) is 0 Å². The van der Waals surface area contributed by atoms with Crippen LogP contribution >= 0.6 is 0 Å². The Bertz CT molecular complexity index is 463. The van der Waals surface area contributed by atoms with Gasteiger partial charge in [0.1, 0.15) is 12.4 Å². The van der Waals surface area contributed by atoms with Gasteiger partial charge in [0, 0.05) is 51.7 Å². The predicted molar refractivity (Wildman–Crippen MR) is 76.4 cm³/mol. The van der Waals surface area contributed by atoms with Crippen LogP contribution in [0.25, 0.3) is 0 Å². The van der Waals surface area contributed by atoms with E-state index in [1.165, 1.54) is 0 Å². The first-order chi connectivity index (χ1) is 10.3. The highest BCUT2D eigenvalue weighted by atomic mass is 19.4. The van der Waals surface area contributed by atoms with Crippen LogP contribution in [0, 0.1) is 0 Å². The van der Waals surface area contributed by atoms with Gasteiger partial charge in [0.05, 0.1) is 13.2 Å². The van der Waals surface area contributed by atoms with Crippen LogP contribution in [0.4, 0.5) is 13.2 Å². The Morgan fingerprint density at radius 2 is 2.14 bits per heavy atom. The molecule has 0 aromatic carbocycles. The van der Waals surface area contributed by atoms with Gasteiger partial charge in [-0.25, -0.2) is 4.98 Å². The fourth-order valence-electron chi connectivity index (χ4n) is 2.62. The van der Waals surface area contributed by atoms with Crippen LogP contribution in [-0.4, -0.2) is 71.0 Å². The van der Waals surface area contributed by atoms with E-state index >= 15 is 0 Å². The normalized spacial score (nSPS) is 21.4. The zero-order valence-corrected chi connectivity index (χ0v) is 13.0. The van der Waals surface area contributed by atoms with Crippen LogP contribution in [0.5, 0.6) is 0 Å². The lowest BCUT2D eigenvalue weighted by molar-refractivity contribution is -0.174. The third kappa shape index (κ3) is 5.26. The number of rotatable bonds is 6. The van der Waals surface area contributed by atoms with Crippen molar-refractivity contribution in [2.45, 2.75) is 25.7 Å². The molecule has 1 aromatic heterocycles. The summed E-state index contributed by atoms with van der Waals surface area (Å²) in [5.74, 6) is 1.02. The van der Waals surface area contributed by atoms with Crippen molar-refractivity contribution in [1.82, 2.24) is 19.4 Å². The van der Waals surface area contributed by atoms with E-state index in [0.29, 0.717) is 12.6 Å². The van der Waals surface area contributed by atoms with E-state index in [4.69, 9.17) is 0 Å². The molecule has 1 aliphatic heterocycles. The highest BCUT2D eigenvalue weighted by Crippen LogP contribution is 2.15. The summed E-state index contributed by atoms with van der Waals surface area (Å²) < 4.78 is 42.7. The summed E-state index contributed by atoms with van der Waals surface area (Å²) in [5, 5.41) is 0. The van der Waals surface area contributed by atoms with Gasteiger partial charge in [0.25, 0.3) is 0 Å². The number of piperazine rings is 1. The smallest absolute Gasteiger partial charge is 0.371 e. The van der Waals surface area contributed by atoms with Crippen LogP contribution in [-0.2, 0) is 18.3 Å². The van der Waals surface area contributed by atoms with E-state index in [1.54, 1.807) is 6.20 Å². The first kappa shape index (κ1) is 17.2. The molecule has 0 radical (unpaired) electrons. The molecule has 5 nitrogen and oxygen atoms in total. The molecule has 1 unspecified atom stereocenters. The van der Waals surface area contributed by atoms with E-state index in [9.17, 15) is 13.2 Å². The highest BCUT2D eigenvalue weighted by molar-refractivity contribution is 4.93. The molecule has 1 aliphatic rings. The maximum atomic E-state index is 12.0. The van der Waals surface area contributed by atoms with Crippen molar-refractivity contribution in [2.24, 2.45) is 7.05 Å². The van der Waals surface area contributed by atoms with Gasteiger partial charge >= 0.3 is 6.18 Å². The molecule has 1 atom stereocenters. The Hall–Kier alpha value is -1.12. The molecule has 22 heavy (non-hydrogen) atoms. The van der Waals surface area contributed by atoms with Crippen LogP contribution in [0.3, 0.4) is 0 Å². The molecule has 2 heterocycles. The van der Waals surface area contributed by atoms with E-state index in [2.05, 4.69) is 26.4 Å². The van der Waals surface area contributed by atoms with Gasteiger partial charge in [-0.05, 0) is 6.92 Å². The molecule has 0 saturated carbocycles. The van der Waals surface area contributed by atoms with Crippen molar-refractivity contribution in [1.29, 1.82) is 0 Å². The third-order valence-corrected chi connectivity index (χ3v) is 3.93. The highest BCUT2D eigenvalue weighted by Gasteiger charge is 2.28. The minimum atomic E-state index is -4.24. The van der Waals surface area contributed by atoms with Crippen molar-refractivity contribution in [3.63, 3.8) is 0 Å². The average molecular weight is 320 g/mol. The molecule has 0 N–H and O–H groups in total. The standard InChI is InChI=1S/C14H23F3N4O/c1-12-9-20(7-8-22-11-14(15,16)17)5-6-21(12)10-13-18-3-4-19(13)2/h3-4,12H,5-11H2,1-2H3. The molecule has 0 amide bonds. The molecule has 0 aliphatic carbocycles. The zero-order valence-electron chi connectivity index (χ0n) is 13.0. The van der Waals surface area contributed by atoms with E-state index < -0.39 is 12.8 Å². The van der Waals surface area contributed by atoms with Gasteiger partial charge in [-0.2, -0.15) is 13.2 Å². The Morgan fingerprint density at radius 1 is 1.36 bits per heavy atom. The van der Waals surface area contributed by atoms with Gasteiger partial charge in [-0.3, -0.25) is 9.80 Å². The van der Waals surface area contributed by atoms with Crippen molar-refractivity contribution in [3.05, 3.63) is 18.2 Å². The Labute approximate surface area is 128 Å². The number of hydrogen-bond acceptors (Lipinski definition) is 4. The minimum absolute atomic E-state index is 0.117. The average Bonchev–Trinajstić information content (AvgIpc) is 2.82. The van der Waals surface area contributed by atoms with Crippen molar-refractivity contribution >= 4 is 0 Å². The molecule has 2 rings (SSSR count). The topological polar surface area (TPSA) is 33.5 Å². The summed E-state index contributed by atoms with van der Waals surface area (Å²) in [6.45, 7) is 4.97. The van der Waals surface area contributed by atoms with Gasteiger partial charge in [-0.15, -0.1) is 0 Å². The minimum Gasteiger partial charge on any atom is -0.371 e. The van der Waals surface area contributed by atoms with Gasteiger partial charge in [-0.1, -0.05) is 0 Å². The molecular weight excluding hydrogens is 297 g/mol. The fraction of sp³-hybridized carbons (Fsp3) is 0.786. The van der Waals surface area contributed by atoms with E-state index in [-0.39, 0.29) is 6.61 Å². The number of hydrogen-bond donors (Lipinski definition) is 0. The maximum absolute atomic E-state index is 12.0. The summed E-state index contributed by atoms with van der Waals surface area (Å²) in [5.41, 5.74) is 0. The maximum Gasteiger partial charge on any atom is 0.411 e. The second-order valence-corrected chi connectivity index (χ2v) is 5.74. The van der Waals surface area contributed by atoms with Crippen LogP contribution < -0.4 is 0 Å². The Morgan fingerprint density at radius 3 is 2.73 bits per heavy atom. The number of alkyl halides is 3. The molecule has 126 valence electrons. The number of imidazole rings is 1. The summed E-state index contributed by atoms with van der Waals surface area (Å²) in [6.07, 6.45) is -0.531. The van der Waals surface area contributed by atoms with Crippen LogP contribution in [0.1, 0.15) is 12.7 Å². The number of halogens is 3. The van der Waals surface area contributed by atoms with Crippen LogP contribution in [0.15, 0.2) is 12.4 Å². The number of aryl methyl sites for hydroxylation is 1. The third-order valence-electron chi connectivity index (χ3n) is 3.93.